The number of nitrogens with zero attached hydrogens (tertiary/aromatic N) is 1. The minimum absolute atomic E-state index is 0.571. The van der Waals surface area contributed by atoms with Gasteiger partial charge >= 0.3 is 104 Å². The first-order chi connectivity index (χ1) is 7.83. The van der Waals surface area contributed by atoms with Gasteiger partial charge in [-0.25, -0.2) is 0 Å². The van der Waals surface area contributed by atoms with Gasteiger partial charge in [-0.2, -0.15) is 0 Å². The van der Waals surface area contributed by atoms with Gasteiger partial charge in [-0.3, -0.25) is 0 Å². The zero-order valence-corrected chi connectivity index (χ0v) is 11.9. The van der Waals surface area contributed by atoms with Crippen molar-refractivity contribution in [2.24, 2.45) is 0 Å². The summed E-state index contributed by atoms with van der Waals surface area (Å²) in [6.07, 6.45) is 5.40. The molecule has 0 saturated heterocycles. The summed E-state index contributed by atoms with van der Waals surface area (Å²) in [5.74, 6) is 0. The zero-order valence-electron chi connectivity index (χ0n) is 10.2. The van der Waals surface area contributed by atoms with Crippen molar-refractivity contribution >= 4 is 24.3 Å². The summed E-state index contributed by atoms with van der Waals surface area (Å²) in [5, 5.41) is 0. The zero-order chi connectivity index (χ0) is 11.4. The standard InChI is InChI=1S/C14H20NSe/c1-3-4-5-8-11-15-12(2)16-14-10-7-6-9-13(14)15/h6-7,9-10H,3-5,8,11H2,1-2H3/q+1. The van der Waals surface area contributed by atoms with Crippen molar-refractivity contribution in [2.45, 2.75) is 46.1 Å². The van der Waals surface area contributed by atoms with Crippen LogP contribution >= 0.6 is 0 Å². The summed E-state index contributed by atoms with van der Waals surface area (Å²) in [6, 6.07) is 8.87. The molecule has 0 bridgehead atoms. The van der Waals surface area contributed by atoms with Crippen LogP contribution in [0.5, 0.6) is 0 Å². The van der Waals surface area contributed by atoms with Crippen LogP contribution in [0.1, 0.15) is 37.2 Å². The molecule has 2 aromatic rings. The molecular formula is C14H20NSe+. The van der Waals surface area contributed by atoms with Crippen molar-refractivity contribution < 1.29 is 4.57 Å². The molecule has 0 aliphatic carbocycles. The number of para-hydroxylation sites is 1. The normalized spacial score (nSPS) is 11.1. The van der Waals surface area contributed by atoms with Crippen molar-refractivity contribution in [1.82, 2.24) is 0 Å². The summed E-state index contributed by atoms with van der Waals surface area (Å²) in [7, 11) is 0. The monoisotopic (exact) mass is 282 g/mol. The summed E-state index contributed by atoms with van der Waals surface area (Å²) in [5.41, 5.74) is 1.47. The van der Waals surface area contributed by atoms with Gasteiger partial charge in [0.1, 0.15) is 0 Å². The topological polar surface area (TPSA) is 3.88 Å². The van der Waals surface area contributed by atoms with Crippen LogP contribution in [-0.4, -0.2) is 14.5 Å². The Labute approximate surface area is 104 Å². The van der Waals surface area contributed by atoms with Crippen LogP contribution in [0.3, 0.4) is 0 Å². The van der Waals surface area contributed by atoms with Crippen LogP contribution in [0.2, 0.25) is 0 Å². The van der Waals surface area contributed by atoms with E-state index >= 15 is 0 Å². The first-order valence-corrected chi connectivity index (χ1v) is 7.92. The molecule has 0 amide bonds. The molecule has 2 rings (SSSR count). The average molecular weight is 281 g/mol. The number of hydrogen-bond donors (Lipinski definition) is 0. The predicted molar refractivity (Wildman–Crippen MR) is 70.0 cm³/mol. The van der Waals surface area contributed by atoms with Crippen molar-refractivity contribution in [3.8, 4) is 0 Å². The second-order valence-electron chi connectivity index (χ2n) is 4.30. The van der Waals surface area contributed by atoms with Crippen molar-refractivity contribution in [2.75, 3.05) is 0 Å². The van der Waals surface area contributed by atoms with Crippen molar-refractivity contribution in [1.29, 1.82) is 0 Å². The van der Waals surface area contributed by atoms with Crippen LogP contribution < -0.4 is 4.57 Å². The van der Waals surface area contributed by atoms with Gasteiger partial charge in [0, 0.05) is 0 Å². The fourth-order valence-electron chi connectivity index (χ4n) is 2.12. The van der Waals surface area contributed by atoms with Gasteiger partial charge in [0.25, 0.3) is 0 Å². The Balaban J connectivity index is 2.13. The maximum atomic E-state index is 2.53. The van der Waals surface area contributed by atoms with Crippen LogP contribution in [0.4, 0.5) is 0 Å². The van der Waals surface area contributed by atoms with E-state index in [1.807, 2.05) is 0 Å². The number of rotatable bonds is 5. The van der Waals surface area contributed by atoms with E-state index in [9.17, 15) is 0 Å². The Kier molecular flexibility index (Phi) is 4.20. The van der Waals surface area contributed by atoms with Crippen LogP contribution in [0.15, 0.2) is 24.3 Å². The third-order valence-electron chi connectivity index (χ3n) is 3.03. The van der Waals surface area contributed by atoms with E-state index in [2.05, 4.69) is 42.7 Å². The molecule has 1 aromatic heterocycles. The molecule has 0 N–H and O–H groups in total. The Morgan fingerprint density at radius 3 is 2.75 bits per heavy atom. The quantitative estimate of drug-likeness (QED) is 0.450. The first kappa shape index (κ1) is 11.9. The molecule has 1 heterocycles. The summed E-state index contributed by atoms with van der Waals surface area (Å²) in [4.78, 5) is 0. The fourth-order valence-corrected chi connectivity index (χ4v) is 4.32. The molecule has 0 unspecified atom stereocenters. The van der Waals surface area contributed by atoms with Gasteiger partial charge in [-0.05, 0) is 0 Å². The van der Waals surface area contributed by atoms with Crippen molar-refractivity contribution in [3.05, 3.63) is 28.8 Å². The van der Waals surface area contributed by atoms with Gasteiger partial charge in [0.05, 0.1) is 0 Å². The van der Waals surface area contributed by atoms with E-state index in [0.29, 0.717) is 14.5 Å². The van der Waals surface area contributed by atoms with E-state index in [-0.39, 0.29) is 0 Å². The summed E-state index contributed by atoms with van der Waals surface area (Å²) >= 11 is 0.571. The maximum absolute atomic E-state index is 2.53. The minimum atomic E-state index is 0.571. The number of hydrogen-bond acceptors (Lipinski definition) is 0. The van der Waals surface area contributed by atoms with E-state index < -0.39 is 0 Å². The molecule has 0 radical (unpaired) electrons. The number of fused-ring (bicyclic) bond motifs is 1. The van der Waals surface area contributed by atoms with Crippen LogP contribution in [0.25, 0.3) is 9.78 Å². The molecular weight excluding hydrogens is 261 g/mol. The predicted octanol–water partition coefficient (Wildman–Crippen LogP) is 3.07. The van der Waals surface area contributed by atoms with Gasteiger partial charge in [-0.1, -0.05) is 0 Å². The molecule has 0 spiro atoms. The first-order valence-electron chi connectivity index (χ1n) is 6.21. The van der Waals surface area contributed by atoms with E-state index in [1.54, 1.807) is 8.83 Å². The molecule has 0 fully saturated rings. The average Bonchev–Trinajstić information content (AvgIpc) is 2.61. The third kappa shape index (κ3) is 2.56. The van der Waals surface area contributed by atoms with E-state index in [1.165, 1.54) is 37.7 Å². The van der Waals surface area contributed by atoms with Gasteiger partial charge < -0.3 is 0 Å². The molecule has 1 nitrogen and oxygen atoms in total. The summed E-state index contributed by atoms with van der Waals surface area (Å²) < 4.78 is 5.67. The SMILES string of the molecule is CCCCCC[n+]1c(C)[se]c2ccccc21. The Bertz CT molecular complexity index is 459. The Morgan fingerprint density at radius 1 is 1.12 bits per heavy atom. The molecule has 16 heavy (non-hydrogen) atoms. The number of unbranched alkanes of at least 4 members (excludes halogenated alkanes) is 3. The molecule has 86 valence electrons. The van der Waals surface area contributed by atoms with E-state index in [0.717, 1.165) is 0 Å². The summed E-state index contributed by atoms with van der Waals surface area (Å²) in [6.45, 7) is 5.77. The number of aryl methyl sites for hydroxylation is 2. The molecule has 2 heteroatoms. The van der Waals surface area contributed by atoms with Gasteiger partial charge in [0.15, 0.2) is 0 Å². The van der Waals surface area contributed by atoms with Crippen molar-refractivity contribution in [3.63, 3.8) is 0 Å². The second-order valence-corrected chi connectivity index (χ2v) is 6.89. The molecule has 0 atom stereocenters. The second kappa shape index (κ2) is 5.65. The molecule has 0 saturated carbocycles. The molecule has 0 aliphatic rings. The molecule has 1 aromatic carbocycles. The van der Waals surface area contributed by atoms with Gasteiger partial charge in [-0.15, -0.1) is 0 Å². The van der Waals surface area contributed by atoms with Crippen LogP contribution in [-0.2, 0) is 6.54 Å². The number of aromatic nitrogens is 1. The fraction of sp³-hybridized carbons (Fsp3) is 0.500. The number of benzene rings is 1. The van der Waals surface area contributed by atoms with Crippen LogP contribution in [0, 0.1) is 6.92 Å². The van der Waals surface area contributed by atoms with Gasteiger partial charge in [0.2, 0.25) is 0 Å². The molecule has 0 aliphatic heterocycles. The Hall–Kier alpha value is -0.591. The third-order valence-corrected chi connectivity index (χ3v) is 5.30. The van der Waals surface area contributed by atoms with E-state index in [4.69, 9.17) is 0 Å². The Morgan fingerprint density at radius 2 is 1.94 bits per heavy atom.